The highest BCUT2D eigenvalue weighted by Crippen LogP contribution is 2.38. The Morgan fingerprint density at radius 1 is 0.825 bits per heavy atom. The monoisotopic (exact) mass is 554 g/mol. The average molecular weight is 555 g/mol. The molecule has 7 heteroatoms. The van der Waals surface area contributed by atoms with Crippen LogP contribution < -0.4 is 9.47 Å². The van der Waals surface area contributed by atoms with Gasteiger partial charge in [-0.1, -0.05) is 51.0 Å². The Morgan fingerprint density at radius 3 is 2.20 bits per heavy atom. The highest BCUT2D eigenvalue weighted by molar-refractivity contribution is 5.91. The zero-order valence-electron chi connectivity index (χ0n) is 23.2. The predicted octanol–water partition coefficient (Wildman–Crippen LogP) is 9.01. The van der Waals surface area contributed by atoms with E-state index in [9.17, 15) is 9.18 Å². The van der Waals surface area contributed by atoms with Gasteiger partial charge in [0, 0.05) is 18.2 Å². The number of ether oxygens (including phenoxy) is 3. The van der Waals surface area contributed by atoms with Crippen LogP contribution in [-0.4, -0.2) is 25.3 Å². The largest absolute Gasteiger partial charge is 0.491 e. The van der Waals surface area contributed by atoms with Crippen molar-refractivity contribution in [3.63, 3.8) is 0 Å². The number of hydrogen-bond acceptors (Lipinski definition) is 4. The van der Waals surface area contributed by atoms with Gasteiger partial charge in [-0.25, -0.2) is 18.0 Å². The van der Waals surface area contributed by atoms with E-state index < -0.39 is 23.4 Å². The fourth-order valence-electron chi connectivity index (χ4n) is 4.98. The smallest absolute Gasteiger partial charge is 0.343 e. The van der Waals surface area contributed by atoms with Crippen molar-refractivity contribution in [1.82, 2.24) is 0 Å². The van der Waals surface area contributed by atoms with Crippen LogP contribution in [0.5, 0.6) is 11.5 Å². The summed E-state index contributed by atoms with van der Waals surface area (Å²) in [7, 11) is 0. The normalized spacial score (nSPS) is 17.0. The Morgan fingerprint density at radius 2 is 1.52 bits per heavy atom. The lowest BCUT2D eigenvalue weighted by Gasteiger charge is -2.29. The molecule has 1 saturated carbocycles. The third-order valence-corrected chi connectivity index (χ3v) is 7.38. The van der Waals surface area contributed by atoms with Gasteiger partial charge in [-0.15, -0.1) is 0 Å². The van der Waals surface area contributed by atoms with E-state index in [0.717, 1.165) is 64.0 Å². The van der Waals surface area contributed by atoms with Gasteiger partial charge in [-0.2, -0.15) is 0 Å². The maximum Gasteiger partial charge on any atom is 0.343 e. The molecule has 3 aromatic rings. The lowest BCUT2D eigenvalue weighted by atomic mass is 9.82. The maximum absolute atomic E-state index is 15.2. The Balaban J connectivity index is 1.38. The first-order valence-corrected chi connectivity index (χ1v) is 14.3. The second kappa shape index (κ2) is 14.4. The van der Waals surface area contributed by atoms with Crippen LogP contribution in [0.25, 0.3) is 11.1 Å². The first-order chi connectivity index (χ1) is 19.4. The molecule has 1 aliphatic rings. The maximum atomic E-state index is 15.2. The van der Waals surface area contributed by atoms with Crippen molar-refractivity contribution in [3.8, 4) is 22.6 Å². The molecule has 0 spiro atoms. The minimum absolute atomic E-state index is 0.0338. The second-order valence-electron chi connectivity index (χ2n) is 10.3. The Labute approximate surface area is 234 Å². The van der Waals surface area contributed by atoms with Crippen molar-refractivity contribution < 1.29 is 32.2 Å². The summed E-state index contributed by atoms with van der Waals surface area (Å²) in [6.07, 6.45) is 7.28. The summed E-state index contributed by atoms with van der Waals surface area (Å²) < 4.78 is 61.2. The molecule has 1 aliphatic carbocycles. The molecule has 0 atom stereocenters. The first-order valence-electron chi connectivity index (χ1n) is 14.3. The molecule has 214 valence electrons. The molecule has 0 aromatic heterocycles. The summed E-state index contributed by atoms with van der Waals surface area (Å²) in [4.78, 5) is 12.6. The summed E-state index contributed by atoms with van der Waals surface area (Å²) in [5.74, 6) is -2.92. The number of unbranched alkanes of at least 4 members (excludes halogenated alkanes) is 2. The molecule has 4 nitrogen and oxygen atoms in total. The zero-order valence-corrected chi connectivity index (χ0v) is 23.2. The van der Waals surface area contributed by atoms with Crippen molar-refractivity contribution in [2.75, 3.05) is 13.2 Å². The topological polar surface area (TPSA) is 44.8 Å². The molecule has 0 amide bonds. The van der Waals surface area contributed by atoms with Crippen LogP contribution in [0, 0.1) is 17.5 Å². The van der Waals surface area contributed by atoms with Crippen molar-refractivity contribution in [2.45, 2.75) is 77.2 Å². The van der Waals surface area contributed by atoms with Gasteiger partial charge in [-0.3, -0.25) is 0 Å². The Hall–Kier alpha value is -3.32. The van der Waals surface area contributed by atoms with E-state index in [2.05, 4.69) is 6.92 Å². The van der Waals surface area contributed by atoms with E-state index in [1.807, 2.05) is 6.92 Å². The quantitative estimate of drug-likeness (QED) is 0.127. The van der Waals surface area contributed by atoms with Crippen LogP contribution in [-0.2, 0) is 4.74 Å². The Bertz CT molecular complexity index is 1270. The van der Waals surface area contributed by atoms with Gasteiger partial charge in [0.25, 0.3) is 0 Å². The standard InChI is InChI=1S/C33H37F3O4/c1-3-5-19-38-25-13-11-23(12-14-25)28-17-16-27(31(35)32(28)36)22-7-9-24(10-8-22)33(37)40-26-15-18-30(29(34)21-26)39-20-6-4-2/h7-10,15-18,21,23,25H,3-6,11-14,19-20H2,1-2H3. The minimum atomic E-state index is -0.897. The Kier molecular flexibility index (Phi) is 10.6. The summed E-state index contributed by atoms with van der Waals surface area (Å²) in [6, 6.07) is 13.3. The fourth-order valence-corrected chi connectivity index (χ4v) is 4.98. The van der Waals surface area contributed by atoms with Crippen molar-refractivity contribution in [3.05, 3.63) is 83.2 Å². The van der Waals surface area contributed by atoms with E-state index in [0.29, 0.717) is 17.7 Å². The highest BCUT2D eigenvalue weighted by Gasteiger charge is 2.27. The molecular weight excluding hydrogens is 517 g/mol. The molecule has 0 aliphatic heterocycles. The number of esters is 1. The van der Waals surface area contributed by atoms with Crippen molar-refractivity contribution in [2.24, 2.45) is 0 Å². The van der Waals surface area contributed by atoms with E-state index in [-0.39, 0.29) is 34.6 Å². The molecule has 0 unspecified atom stereocenters. The average Bonchev–Trinajstić information content (AvgIpc) is 2.96. The number of rotatable bonds is 12. The number of carbonyl (C=O) groups excluding carboxylic acids is 1. The molecule has 3 aromatic carbocycles. The second-order valence-corrected chi connectivity index (χ2v) is 10.3. The highest BCUT2D eigenvalue weighted by atomic mass is 19.2. The van der Waals surface area contributed by atoms with E-state index >= 15 is 8.78 Å². The van der Waals surface area contributed by atoms with Gasteiger partial charge in [0.15, 0.2) is 23.2 Å². The predicted molar refractivity (Wildman–Crippen MR) is 149 cm³/mol. The van der Waals surface area contributed by atoms with Crippen LogP contribution in [0.3, 0.4) is 0 Å². The molecule has 0 bridgehead atoms. The SMILES string of the molecule is CCCCOc1ccc(OC(=O)c2ccc(-c3ccc(C4CCC(OCCCC)CC4)c(F)c3F)cc2)cc1F. The summed E-state index contributed by atoms with van der Waals surface area (Å²) in [5.41, 5.74) is 1.16. The number of carbonyl (C=O) groups is 1. The summed E-state index contributed by atoms with van der Waals surface area (Å²) >= 11 is 0. The minimum Gasteiger partial charge on any atom is -0.491 e. The van der Waals surface area contributed by atoms with E-state index in [1.165, 1.54) is 36.4 Å². The third-order valence-electron chi connectivity index (χ3n) is 7.38. The van der Waals surface area contributed by atoms with Crippen LogP contribution >= 0.6 is 0 Å². The van der Waals surface area contributed by atoms with Crippen LogP contribution in [0.1, 0.15) is 87.1 Å². The first kappa shape index (κ1) is 29.7. The van der Waals surface area contributed by atoms with Crippen molar-refractivity contribution >= 4 is 5.97 Å². The van der Waals surface area contributed by atoms with Gasteiger partial charge in [0.1, 0.15) is 5.75 Å². The lowest BCUT2D eigenvalue weighted by molar-refractivity contribution is 0.0230. The summed E-state index contributed by atoms with van der Waals surface area (Å²) in [6.45, 7) is 5.29. The molecular formula is C33H37F3O4. The molecule has 40 heavy (non-hydrogen) atoms. The van der Waals surface area contributed by atoms with Crippen LogP contribution in [0.4, 0.5) is 13.2 Å². The van der Waals surface area contributed by atoms with E-state index in [1.54, 1.807) is 12.1 Å². The van der Waals surface area contributed by atoms with Gasteiger partial charge >= 0.3 is 5.97 Å². The number of hydrogen-bond donors (Lipinski definition) is 0. The molecule has 0 heterocycles. The zero-order chi connectivity index (χ0) is 28.5. The molecule has 4 rings (SSSR count). The number of halogens is 3. The molecule has 0 N–H and O–H groups in total. The molecule has 0 saturated heterocycles. The van der Waals surface area contributed by atoms with Gasteiger partial charge in [-0.05, 0) is 79.8 Å². The molecule has 0 radical (unpaired) electrons. The van der Waals surface area contributed by atoms with Gasteiger partial charge in [0.2, 0.25) is 0 Å². The van der Waals surface area contributed by atoms with E-state index in [4.69, 9.17) is 14.2 Å². The van der Waals surface area contributed by atoms with Gasteiger partial charge in [0.05, 0.1) is 18.3 Å². The lowest BCUT2D eigenvalue weighted by Crippen LogP contribution is -2.22. The number of benzene rings is 3. The summed E-state index contributed by atoms with van der Waals surface area (Å²) in [5, 5.41) is 0. The third kappa shape index (κ3) is 7.45. The van der Waals surface area contributed by atoms with Crippen LogP contribution in [0.2, 0.25) is 0 Å². The van der Waals surface area contributed by atoms with Crippen LogP contribution in [0.15, 0.2) is 54.6 Å². The van der Waals surface area contributed by atoms with Gasteiger partial charge < -0.3 is 14.2 Å². The fraction of sp³-hybridized carbons (Fsp3) is 0.424. The molecule has 1 fully saturated rings. The van der Waals surface area contributed by atoms with Crippen molar-refractivity contribution in [1.29, 1.82) is 0 Å².